The van der Waals surface area contributed by atoms with Gasteiger partial charge in [0, 0.05) is 5.69 Å². The van der Waals surface area contributed by atoms with Crippen LogP contribution >= 0.6 is 0 Å². The lowest BCUT2D eigenvalue weighted by Crippen LogP contribution is -2.42. The molecule has 1 aliphatic carbocycles. The van der Waals surface area contributed by atoms with Crippen LogP contribution in [0.15, 0.2) is 54.6 Å². The van der Waals surface area contributed by atoms with Gasteiger partial charge < -0.3 is 20.5 Å². The number of urea groups is 1. The number of rotatable bonds is 6. The fourth-order valence-corrected chi connectivity index (χ4v) is 2.99. The predicted molar refractivity (Wildman–Crippen MR) is 97.2 cm³/mol. The third-order valence-electron chi connectivity index (χ3n) is 4.39. The molecule has 0 aliphatic heterocycles. The van der Waals surface area contributed by atoms with Gasteiger partial charge in [-0.15, -0.1) is 0 Å². The maximum Gasteiger partial charge on any atom is 0.319 e. The second-order valence-corrected chi connectivity index (χ2v) is 6.38. The number of hydrogen-bond acceptors (Lipinski definition) is 3. The van der Waals surface area contributed by atoms with Crippen LogP contribution in [-0.4, -0.2) is 23.3 Å². The predicted octanol–water partition coefficient (Wildman–Crippen LogP) is 3.44. The number of aliphatic hydroxyl groups is 1. The summed E-state index contributed by atoms with van der Waals surface area (Å²) in [6.45, 7) is 1.10. The van der Waals surface area contributed by atoms with Crippen molar-refractivity contribution >= 4 is 11.7 Å². The van der Waals surface area contributed by atoms with Crippen LogP contribution in [0, 0.1) is 0 Å². The molecule has 2 atom stereocenters. The smallest absolute Gasteiger partial charge is 0.319 e. The molecule has 0 saturated heterocycles. The van der Waals surface area contributed by atoms with Gasteiger partial charge in [0.05, 0.1) is 25.4 Å². The van der Waals surface area contributed by atoms with Crippen LogP contribution in [0.1, 0.15) is 30.4 Å². The lowest BCUT2D eigenvalue weighted by atomic mass is 10.2. The van der Waals surface area contributed by atoms with E-state index >= 15 is 0 Å². The third kappa shape index (κ3) is 5.31. The standard InChI is InChI=1S/C20H24N2O3/c23-19-8-4-7-18(19)22-20(24)21-17-11-9-16(10-12-17)14-25-13-15-5-2-1-3-6-15/h1-3,5-6,9-12,18-19,23H,4,7-8,13-14H2,(H2,21,22,24)/t18-,19+/m0/s1. The topological polar surface area (TPSA) is 70.6 Å². The Morgan fingerprint density at radius 2 is 1.68 bits per heavy atom. The number of nitrogens with one attached hydrogen (secondary N) is 2. The summed E-state index contributed by atoms with van der Waals surface area (Å²) >= 11 is 0. The molecular formula is C20H24N2O3. The van der Waals surface area contributed by atoms with Crippen molar-refractivity contribution in [3.05, 3.63) is 65.7 Å². The summed E-state index contributed by atoms with van der Waals surface area (Å²) in [5, 5.41) is 15.4. The van der Waals surface area contributed by atoms with Crippen molar-refractivity contribution in [2.45, 2.75) is 44.6 Å². The van der Waals surface area contributed by atoms with E-state index in [0.29, 0.717) is 13.2 Å². The third-order valence-corrected chi connectivity index (χ3v) is 4.39. The summed E-state index contributed by atoms with van der Waals surface area (Å²) in [5.41, 5.74) is 2.91. The first-order valence-corrected chi connectivity index (χ1v) is 8.67. The van der Waals surface area contributed by atoms with Crippen molar-refractivity contribution in [3.63, 3.8) is 0 Å². The molecule has 3 rings (SSSR count). The van der Waals surface area contributed by atoms with Crippen LogP contribution in [0.3, 0.4) is 0 Å². The van der Waals surface area contributed by atoms with E-state index in [-0.39, 0.29) is 12.1 Å². The second-order valence-electron chi connectivity index (χ2n) is 6.38. The quantitative estimate of drug-likeness (QED) is 0.754. The zero-order valence-corrected chi connectivity index (χ0v) is 14.2. The maximum absolute atomic E-state index is 12.0. The highest BCUT2D eigenvalue weighted by Crippen LogP contribution is 2.19. The Morgan fingerprint density at radius 3 is 2.32 bits per heavy atom. The van der Waals surface area contributed by atoms with Crippen LogP contribution in [0.25, 0.3) is 0 Å². The molecule has 132 valence electrons. The number of amides is 2. The van der Waals surface area contributed by atoms with E-state index in [1.54, 1.807) is 0 Å². The first-order chi connectivity index (χ1) is 12.2. The number of hydrogen-bond donors (Lipinski definition) is 3. The fraction of sp³-hybridized carbons (Fsp3) is 0.350. The molecular weight excluding hydrogens is 316 g/mol. The van der Waals surface area contributed by atoms with Crippen LogP contribution in [0.2, 0.25) is 0 Å². The molecule has 0 radical (unpaired) electrons. The zero-order valence-electron chi connectivity index (χ0n) is 14.2. The summed E-state index contributed by atoms with van der Waals surface area (Å²) in [6, 6.07) is 17.2. The summed E-state index contributed by atoms with van der Waals surface area (Å²) in [6.07, 6.45) is 2.09. The number of ether oxygens (including phenoxy) is 1. The van der Waals surface area contributed by atoms with Crippen molar-refractivity contribution in [1.82, 2.24) is 5.32 Å². The zero-order chi connectivity index (χ0) is 17.5. The molecule has 2 aromatic rings. The van der Waals surface area contributed by atoms with Gasteiger partial charge in [-0.2, -0.15) is 0 Å². The highest BCUT2D eigenvalue weighted by atomic mass is 16.5. The monoisotopic (exact) mass is 340 g/mol. The van der Waals surface area contributed by atoms with Gasteiger partial charge in [-0.3, -0.25) is 0 Å². The van der Waals surface area contributed by atoms with Crippen molar-refractivity contribution in [2.75, 3.05) is 5.32 Å². The Kier molecular flexibility index (Phi) is 6.04. The van der Waals surface area contributed by atoms with Crippen molar-refractivity contribution < 1.29 is 14.6 Å². The van der Waals surface area contributed by atoms with E-state index in [1.807, 2.05) is 54.6 Å². The normalized spacial score (nSPS) is 19.6. The van der Waals surface area contributed by atoms with Gasteiger partial charge >= 0.3 is 6.03 Å². The molecule has 1 saturated carbocycles. The van der Waals surface area contributed by atoms with E-state index in [1.165, 1.54) is 0 Å². The van der Waals surface area contributed by atoms with Crippen LogP contribution in [0.4, 0.5) is 10.5 Å². The summed E-state index contributed by atoms with van der Waals surface area (Å²) < 4.78 is 5.70. The molecule has 5 heteroatoms. The molecule has 0 aromatic heterocycles. The Hall–Kier alpha value is -2.37. The van der Waals surface area contributed by atoms with Gasteiger partial charge in [0.1, 0.15) is 0 Å². The van der Waals surface area contributed by atoms with Crippen molar-refractivity contribution in [2.24, 2.45) is 0 Å². The Morgan fingerprint density at radius 1 is 1.00 bits per heavy atom. The number of benzene rings is 2. The Labute approximate surface area is 148 Å². The van der Waals surface area contributed by atoms with Crippen LogP contribution in [0.5, 0.6) is 0 Å². The molecule has 0 bridgehead atoms. The van der Waals surface area contributed by atoms with E-state index in [2.05, 4.69) is 10.6 Å². The van der Waals surface area contributed by atoms with Gasteiger partial charge in [0.25, 0.3) is 0 Å². The second kappa shape index (κ2) is 8.65. The van der Waals surface area contributed by atoms with E-state index in [9.17, 15) is 9.90 Å². The van der Waals surface area contributed by atoms with Crippen LogP contribution in [-0.2, 0) is 18.0 Å². The largest absolute Gasteiger partial charge is 0.391 e. The highest BCUT2D eigenvalue weighted by molar-refractivity contribution is 5.89. The molecule has 2 aromatic carbocycles. The van der Waals surface area contributed by atoms with Crippen LogP contribution < -0.4 is 10.6 Å². The molecule has 3 N–H and O–H groups in total. The van der Waals surface area contributed by atoms with Gasteiger partial charge in [-0.05, 0) is 42.5 Å². The molecule has 25 heavy (non-hydrogen) atoms. The minimum atomic E-state index is -0.435. The minimum Gasteiger partial charge on any atom is -0.391 e. The fourth-order valence-electron chi connectivity index (χ4n) is 2.99. The first kappa shape index (κ1) is 17.5. The van der Waals surface area contributed by atoms with Gasteiger partial charge in [0.15, 0.2) is 0 Å². The minimum absolute atomic E-state index is 0.148. The summed E-state index contributed by atoms with van der Waals surface area (Å²) in [4.78, 5) is 12.0. The Bertz CT molecular complexity index is 673. The molecule has 0 spiro atoms. The van der Waals surface area contributed by atoms with Crippen molar-refractivity contribution in [1.29, 1.82) is 0 Å². The SMILES string of the molecule is O=C(Nc1ccc(COCc2ccccc2)cc1)N[C@H]1CCC[C@H]1O. The average Bonchev–Trinajstić information content (AvgIpc) is 3.02. The average molecular weight is 340 g/mol. The number of carbonyl (C=O) groups is 1. The summed E-state index contributed by atoms with van der Waals surface area (Å²) in [5.74, 6) is 0. The number of aliphatic hydroxyl groups excluding tert-OH is 1. The van der Waals surface area contributed by atoms with E-state index in [0.717, 1.165) is 36.1 Å². The van der Waals surface area contributed by atoms with Gasteiger partial charge in [-0.1, -0.05) is 42.5 Å². The lowest BCUT2D eigenvalue weighted by Gasteiger charge is -2.17. The molecule has 5 nitrogen and oxygen atoms in total. The molecule has 2 amide bonds. The first-order valence-electron chi connectivity index (χ1n) is 8.67. The van der Waals surface area contributed by atoms with E-state index < -0.39 is 6.10 Å². The number of anilines is 1. The Balaban J connectivity index is 1.43. The molecule has 1 aliphatic rings. The van der Waals surface area contributed by atoms with Gasteiger partial charge in [0.2, 0.25) is 0 Å². The van der Waals surface area contributed by atoms with Gasteiger partial charge in [-0.25, -0.2) is 4.79 Å². The highest BCUT2D eigenvalue weighted by Gasteiger charge is 2.26. The molecule has 0 unspecified atom stereocenters. The maximum atomic E-state index is 12.0. The summed E-state index contributed by atoms with van der Waals surface area (Å²) in [7, 11) is 0. The van der Waals surface area contributed by atoms with Crippen molar-refractivity contribution in [3.8, 4) is 0 Å². The number of carbonyl (C=O) groups excluding carboxylic acids is 1. The lowest BCUT2D eigenvalue weighted by molar-refractivity contribution is 0.107. The molecule has 0 heterocycles. The molecule has 1 fully saturated rings. The van der Waals surface area contributed by atoms with E-state index in [4.69, 9.17) is 4.74 Å².